The molecule has 0 saturated heterocycles. The predicted octanol–water partition coefficient (Wildman–Crippen LogP) is 5.89. The number of carbonyl (C=O) groups is 1. The van der Waals surface area contributed by atoms with Crippen LogP contribution in [0.15, 0.2) is 87.5 Å². The summed E-state index contributed by atoms with van der Waals surface area (Å²) in [6.07, 6.45) is 0. The third kappa shape index (κ3) is 5.18. The Labute approximate surface area is 173 Å². The van der Waals surface area contributed by atoms with Crippen molar-refractivity contribution in [3.05, 3.63) is 84.2 Å². The molecule has 1 atom stereocenters. The Kier molecular flexibility index (Phi) is 6.28. The van der Waals surface area contributed by atoms with Gasteiger partial charge in [-0.25, -0.2) is 9.18 Å². The number of hydrogen-bond donors (Lipinski definition) is 0. The van der Waals surface area contributed by atoms with Gasteiger partial charge in [-0.15, -0.1) is 0 Å². The van der Waals surface area contributed by atoms with Crippen LogP contribution in [-0.4, -0.2) is 18.7 Å². The molecule has 5 heteroatoms. The van der Waals surface area contributed by atoms with E-state index in [1.807, 2.05) is 69.3 Å². The summed E-state index contributed by atoms with van der Waals surface area (Å²) < 4.78 is 25.1. The second-order valence-electron chi connectivity index (χ2n) is 7.45. The maximum absolute atomic E-state index is 14.4. The van der Waals surface area contributed by atoms with Crippen LogP contribution in [0.5, 0.6) is 5.75 Å². The van der Waals surface area contributed by atoms with Crippen LogP contribution in [0.1, 0.15) is 31.1 Å². The van der Waals surface area contributed by atoms with Gasteiger partial charge in [0.2, 0.25) is 0 Å². The van der Waals surface area contributed by atoms with E-state index >= 15 is 0 Å². The zero-order valence-electron chi connectivity index (χ0n) is 16.9. The summed E-state index contributed by atoms with van der Waals surface area (Å²) in [4.78, 5) is 14.9. The molecule has 0 radical (unpaired) electrons. The normalized spacial score (nSPS) is 12.3. The first-order valence-electron chi connectivity index (χ1n) is 9.25. The smallest absolute Gasteiger partial charge is 0.338 e. The van der Waals surface area contributed by atoms with Gasteiger partial charge in [0.05, 0.1) is 23.6 Å². The van der Waals surface area contributed by atoms with E-state index in [0.717, 1.165) is 14.7 Å². The highest BCUT2D eigenvalue weighted by molar-refractivity contribution is 7.97. The SMILES string of the molecule is COC(=O)c1cccc([S+](c2ccccc2)c2ccc(F)c(OC(C)(C)C)c2)c1. The Hall–Kier alpha value is -2.79. The van der Waals surface area contributed by atoms with E-state index in [2.05, 4.69) is 0 Å². The lowest BCUT2D eigenvalue weighted by molar-refractivity contribution is 0.0600. The van der Waals surface area contributed by atoms with Crippen molar-refractivity contribution in [2.24, 2.45) is 0 Å². The summed E-state index contributed by atoms with van der Waals surface area (Å²) >= 11 is 0. The number of rotatable bonds is 5. The molecule has 150 valence electrons. The molecule has 3 aromatic rings. The molecule has 0 saturated carbocycles. The summed E-state index contributed by atoms with van der Waals surface area (Å²) in [7, 11) is 0.818. The number of carbonyl (C=O) groups excluding carboxylic acids is 1. The summed E-state index contributed by atoms with van der Waals surface area (Å²) in [6.45, 7) is 5.65. The van der Waals surface area contributed by atoms with Gasteiger partial charge in [-0.1, -0.05) is 24.3 Å². The van der Waals surface area contributed by atoms with Crippen LogP contribution in [0, 0.1) is 5.82 Å². The van der Waals surface area contributed by atoms with Gasteiger partial charge in [-0.2, -0.15) is 0 Å². The van der Waals surface area contributed by atoms with E-state index in [0.29, 0.717) is 5.56 Å². The van der Waals surface area contributed by atoms with Crippen molar-refractivity contribution in [1.82, 2.24) is 0 Å². The first-order chi connectivity index (χ1) is 13.8. The Morgan fingerprint density at radius 3 is 2.17 bits per heavy atom. The molecule has 0 spiro atoms. The lowest BCUT2D eigenvalue weighted by Crippen LogP contribution is -2.23. The zero-order valence-corrected chi connectivity index (χ0v) is 17.8. The van der Waals surface area contributed by atoms with Gasteiger partial charge in [0, 0.05) is 12.1 Å². The number of methoxy groups -OCH3 is 1. The van der Waals surface area contributed by atoms with Gasteiger partial charge in [0.1, 0.15) is 5.60 Å². The minimum absolute atomic E-state index is 0.215. The largest absolute Gasteiger partial charge is 0.485 e. The molecular formula is C24H24FO3S+. The fraction of sp³-hybridized carbons (Fsp3) is 0.208. The molecule has 0 aliphatic rings. The molecule has 3 nitrogen and oxygen atoms in total. The highest BCUT2D eigenvalue weighted by atomic mass is 32.2. The van der Waals surface area contributed by atoms with E-state index < -0.39 is 22.3 Å². The standard InChI is InChI=1S/C24H24FO3S/c1-24(2,3)28-22-16-20(13-14-21(22)25)29(18-10-6-5-7-11-18)19-12-8-9-17(15-19)23(26)27-4/h5-16H,1-4H3/q+1. The second kappa shape index (κ2) is 8.70. The number of esters is 1. The predicted molar refractivity (Wildman–Crippen MR) is 113 cm³/mol. The fourth-order valence-corrected chi connectivity index (χ4v) is 4.99. The van der Waals surface area contributed by atoms with Gasteiger partial charge in [0.15, 0.2) is 26.3 Å². The lowest BCUT2D eigenvalue weighted by Gasteiger charge is -2.21. The number of benzene rings is 3. The average Bonchev–Trinajstić information content (AvgIpc) is 2.70. The number of hydrogen-bond acceptors (Lipinski definition) is 3. The van der Waals surface area contributed by atoms with Crippen molar-refractivity contribution in [3.63, 3.8) is 0 Å². The van der Waals surface area contributed by atoms with E-state index in [4.69, 9.17) is 9.47 Å². The molecule has 3 rings (SSSR count). The third-order valence-electron chi connectivity index (χ3n) is 4.02. The molecule has 0 aliphatic carbocycles. The molecule has 0 fully saturated rings. The van der Waals surface area contributed by atoms with E-state index in [1.165, 1.54) is 13.2 Å². The monoisotopic (exact) mass is 411 g/mol. The van der Waals surface area contributed by atoms with E-state index in [-0.39, 0.29) is 11.7 Å². The van der Waals surface area contributed by atoms with Crippen molar-refractivity contribution in [2.45, 2.75) is 41.1 Å². The molecule has 0 amide bonds. The Morgan fingerprint density at radius 2 is 1.52 bits per heavy atom. The summed E-state index contributed by atoms with van der Waals surface area (Å²) in [5.74, 6) is -0.574. The quantitative estimate of drug-likeness (QED) is 0.388. The van der Waals surface area contributed by atoms with Crippen LogP contribution in [-0.2, 0) is 15.6 Å². The van der Waals surface area contributed by atoms with Gasteiger partial charge < -0.3 is 9.47 Å². The highest BCUT2D eigenvalue weighted by Crippen LogP contribution is 2.35. The van der Waals surface area contributed by atoms with Crippen LogP contribution in [0.25, 0.3) is 0 Å². The van der Waals surface area contributed by atoms with Crippen LogP contribution in [0.3, 0.4) is 0 Å². The van der Waals surface area contributed by atoms with Gasteiger partial charge >= 0.3 is 5.97 Å². The summed E-state index contributed by atoms with van der Waals surface area (Å²) in [6, 6.07) is 22.3. The molecular weight excluding hydrogens is 387 g/mol. The van der Waals surface area contributed by atoms with Crippen LogP contribution in [0.4, 0.5) is 4.39 Å². The van der Waals surface area contributed by atoms with Gasteiger partial charge in [-0.05, 0) is 57.2 Å². The van der Waals surface area contributed by atoms with E-state index in [9.17, 15) is 9.18 Å². The third-order valence-corrected chi connectivity index (χ3v) is 6.22. The Balaban J connectivity index is 2.14. The average molecular weight is 412 g/mol. The Bertz CT molecular complexity index is 997. The molecule has 0 aromatic heterocycles. The van der Waals surface area contributed by atoms with Gasteiger partial charge in [-0.3, -0.25) is 0 Å². The molecule has 0 N–H and O–H groups in total. The van der Waals surface area contributed by atoms with Crippen molar-refractivity contribution in [1.29, 1.82) is 0 Å². The second-order valence-corrected chi connectivity index (χ2v) is 9.47. The maximum atomic E-state index is 14.4. The van der Waals surface area contributed by atoms with Crippen molar-refractivity contribution in [3.8, 4) is 5.75 Å². The number of halogens is 1. The maximum Gasteiger partial charge on any atom is 0.338 e. The minimum Gasteiger partial charge on any atom is -0.485 e. The van der Waals surface area contributed by atoms with Crippen LogP contribution in [0.2, 0.25) is 0 Å². The highest BCUT2D eigenvalue weighted by Gasteiger charge is 2.31. The molecule has 0 heterocycles. The zero-order chi connectivity index (χ0) is 21.0. The molecule has 29 heavy (non-hydrogen) atoms. The fourth-order valence-electron chi connectivity index (χ4n) is 2.85. The van der Waals surface area contributed by atoms with Crippen LogP contribution >= 0.6 is 0 Å². The molecule has 0 aliphatic heterocycles. The molecule has 0 bridgehead atoms. The minimum atomic E-state index is -0.545. The number of ether oxygens (including phenoxy) is 2. The van der Waals surface area contributed by atoms with Gasteiger partial charge in [0.25, 0.3) is 0 Å². The van der Waals surface area contributed by atoms with Crippen molar-refractivity contribution < 1.29 is 18.7 Å². The topological polar surface area (TPSA) is 35.5 Å². The van der Waals surface area contributed by atoms with E-state index in [1.54, 1.807) is 18.2 Å². The Morgan fingerprint density at radius 1 is 0.862 bits per heavy atom. The van der Waals surface area contributed by atoms with Crippen molar-refractivity contribution >= 4 is 16.9 Å². The first kappa shape index (κ1) is 20.9. The first-order valence-corrected chi connectivity index (χ1v) is 10.5. The van der Waals surface area contributed by atoms with Crippen LogP contribution < -0.4 is 4.74 Å². The van der Waals surface area contributed by atoms with Crippen molar-refractivity contribution in [2.75, 3.05) is 7.11 Å². The summed E-state index contributed by atoms with van der Waals surface area (Å²) in [5, 5.41) is 0. The molecule has 1 unspecified atom stereocenters. The molecule has 3 aromatic carbocycles. The summed E-state index contributed by atoms with van der Waals surface area (Å²) in [5.41, 5.74) is -0.0398. The lowest BCUT2D eigenvalue weighted by atomic mass is 10.2.